The van der Waals surface area contributed by atoms with E-state index in [0.717, 1.165) is 25.7 Å². The lowest BCUT2D eigenvalue weighted by Gasteiger charge is -2.34. The molecule has 0 radical (unpaired) electrons. The summed E-state index contributed by atoms with van der Waals surface area (Å²) in [5.41, 5.74) is 0.617. The van der Waals surface area contributed by atoms with E-state index in [1.54, 1.807) is 36.7 Å². The van der Waals surface area contributed by atoms with E-state index in [2.05, 4.69) is 6.58 Å². The third-order valence-corrected chi connectivity index (χ3v) is 5.95. The quantitative estimate of drug-likeness (QED) is 0.583. The minimum Gasteiger partial charge on any atom is -0.332 e. The second-order valence-corrected chi connectivity index (χ2v) is 7.51. The predicted molar refractivity (Wildman–Crippen MR) is 108 cm³/mol. The monoisotopic (exact) mass is 381 g/mol. The normalized spacial score (nSPS) is 14.7. The highest BCUT2D eigenvalue weighted by atomic mass is 32.2. The van der Waals surface area contributed by atoms with Crippen molar-refractivity contribution < 1.29 is 4.79 Å². The molecule has 1 amide bonds. The minimum absolute atomic E-state index is 0.0248. The zero-order chi connectivity index (χ0) is 19.4. The van der Waals surface area contributed by atoms with Crippen molar-refractivity contribution in [2.75, 3.05) is 12.8 Å². The number of carbonyl (C=O) groups excluding carboxylic acids is 1. The molecule has 0 aromatic carbocycles. The molecule has 0 spiro atoms. The van der Waals surface area contributed by atoms with Gasteiger partial charge in [0.05, 0.1) is 11.1 Å². The molecule has 140 valence electrons. The second kappa shape index (κ2) is 8.45. The standard InChI is InChI=1S/C21H23N3O2S/c1-3-12-23(15-9-5-4-6-10-15)21(26)18-17-11-7-8-13-24(17)20(25)16(14-22)19(18)27-2/h3,7-8,11,13,15H,1,4-6,9-10,12H2,2H3. The summed E-state index contributed by atoms with van der Waals surface area (Å²) in [6.07, 6.45) is 10.5. The van der Waals surface area contributed by atoms with Gasteiger partial charge in [0.2, 0.25) is 0 Å². The molecule has 5 nitrogen and oxygen atoms in total. The van der Waals surface area contributed by atoms with Crippen molar-refractivity contribution in [3.8, 4) is 6.07 Å². The molecule has 1 saturated carbocycles. The first kappa shape index (κ1) is 19.2. The molecule has 0 N–H and O–H groups in total. The molecule has 2 aromatic rings. The highest BCUT2D eigenvalue weighted by Gasteiger charge is 2.30. The van der Waals surface area contributed by atoms with Crippen molar-refractivity contribution in [3.63, 3.8) is 0 Å². The van der Waals surface area contributed by atoms with Crippen LogP contribution in [0.5, 0.6) is 0 Å². The number of thioether (sulfide) groups is 1. The number of amides is 1. The summed E-state index contributed by atoms with van der Waals surface area (Å²) >= 11 is 1.28. The summed E-state index contributed by atoms with van der Waals surface area (Å²) in [6.45, 7) is 4.27. The number of nitriles is 1. The second-order valence-electron chi connectivity index (χ2n) is 6.69. The number of aromatic nitrogens is 1. The summed E-state index contributed by atoms with van der Waals surface area (Å²) in [6, 6.07) is 7.47. The Hall–Kier alpha value is -2.52. The van der Waals surface area contributed by atoms with Gasteiger partial charge in [0.15, 0.2) is 0 Å². The molecule has 1 fully saturated rings. The molecule has 3 rings (SSSR count). The van der Waals surface area contributed by atoms with E-state index >= 15 is 0 Å². The van der Waals surface area contributed by atoms with Crippen molar-refractivity contribution in [3.05, 3.63) is 58.5 Å². The van der Waals surface area contributed by atoms with Crippen LogP contribution in [0.2, 0.25) is 0 Å². The fourth-order valence-corrected chi connectivity index (χ4v) is 4.60. The van der Waals surface area contributed by atoms with Gasteiger partial charge in [-0.3, -0.25) is 14.0 Å². The maximum Gasteiger partial charge on any atom is 0.274 e. The highest BCUT2D eigenvalue weighted by molar-refractivity contribution is 7.98. The maximum atomic E-state index is 13.6. The molecule has 1 aliphatic rings. The van der Waals surface area contributed by atoms with Crippen LogP contribution in [0.3, 0.4) is 0 Å². The van der Waals surface area contributed by atoms with Crippen LogP contribution in [-0.2, 0) is 0 Å². The molecule has 0 unspecified atom stereocenters. The zero-order valence-corrected chi connectivity index (χ0v) is 16.3. The number of hydrogen-bond donors (Lipinski definition) is 0. The van der Waals surface area contributed by atoms with E-state index in [9.17, 15) is 14.9 Å². The lowest BCUT2D eigenvalue weighted by atomic mass is 9.93. The van der Waals surface area contributed by atoms with Crippen LogP contribution in [0.4, 0.5) is 0 Å². The van der Waals surface area contributed by atoms with E-state index in [1.807, 2.05) is 11.0 Å². The predicted octanol–water partition coefficient (Wildman–Crippen LogP) is 3.85. The van der Waals surface area contributed by atoms with E-state index in [-0.39, 0.29) is 23.1 Å². The Morgan fingerprint density at radius 2 is 2.15 bits per heavy atom. The number of rotatable bonds is 5. The Balaban J connectivity index is 2.23. The van der Waals surface area contributed by atoms with E-state index in [4.69, 9.17) is 0 Å². The molecule has 2 heterocycles. The van der Waals surface area contributed by atoms with E-state index < -0.39 is 0 Å². The third-order valence-electron chi connectivity index (χ3n) is 5.13. The first-order chi connectivity index (χ1) is 13.1. The number of pyridine rings is 2. The number of hydrogen-bond acceptors (Lipinski definition) is 4. The first-order valence-electron chi connectivity index (χ1n) is 9.17. The molecule has 6 heteroatoms. The fourth-order valence-electron chi connectivity index (χ4n) is 3.87. The van der Waals surface area contributed by atoms with Gasteiger partial charge in [0.25, 0.3) is 11.5 Å². The SMILES string of the molecule is C=CCN(C(=O)c1c(SC)c(C#N)c(=O)n2ccccc12)C1CCCCC1. The maximum absolute atomic E-state index is 13.6. The molecular formula is C21H23N3O2S. The summed E-state index contributed by atoms with van der Waals surface area (Å²) in [5.74, 6) is -0.133. The Labute approximate surface area is 163 Å². The van der Waals surface area contributed by atoms with E-state index in [1.165, 1.54) is 22.6 Å². The lowest BCUT2D eigenvalue weighted by Crippen LogP contribution is -2.42. The molecule has 0 saturated heterocycles. The largest absolute Gasteiger partial charge is 0.332 e. The Morgan fingerprint density at radius 3 is 2.78 bits per heavy atom. The third kappa shape index (κ3) is 3.52. The molecular weight excluding hydrogens is 358 g/mol. The van der Waals surface area contributed by atoms with Crippen molar-refractivity contribution in [1.82, 2.24) is 9.30 Å². The molecule has 0 atom stereocenters. The van der Waals surface area contributed by atoms with Crippen molar-refractivity contribution in [2.45, 2.75) is 43.0 Å². The van der Waals surface area contributed by atoms with Gasteiger partial charge < -0.3 is 4.90 Å². The van der Waals surface area contributed by atoms with Gasteiger partial charge >= 0.3 is 0 Å². The number of carbonyl (C=O) groups is 1. The van der Waals surface area contributed by atoms with Gasteiger partial charge in [-0.15, -0.1) is 18.3 Å². The summed E-state index contributed by atoms with van der Waals surface area (Å²) in [4.78, 5) is 28.7. The van der Waals surface area contributed by atoms with Gasteiger partial charge in [0.1, 0.15) is 11.6 Å². The summed E-state index contributed by atoms with van der Waals surface area (Å²) < 4.78 is 1.40. The number of nitrogens with zero attached hydrogens (tertiary/aromatic N) is 3. The van der Waals surface area contributed by atoms with Crippen LogP contribution in [0.15, 0.2) is 46.7 Å². The van der Waals surface area contributed by atoms with Gasteiger partial charge in [0, 0.05) is 23.7 Å². The van der Waals surface area contributed by atoms with Crippen LogP contribution in [0, 0.1) is 11.3 Å². The van der Waals surface area contributed by atoms with E-state index in [0.29, 0.717) is 22.5 Å². The van der Waals surface area contributed by atoms with Crippen LogP contribution >= 0.6 is 11.8 Å². The van der Waals surface area contributed by atoms with Crippen LogP contribution in [0.1, 0.15) is 48.0 Å². The van der Waals surface area contributed by atoms with Gasteiger partial charge in [-0.25, -0.2) is 0 Å². The number of fused-ring (bicyclic) bond motifs is 1. The Morgan fingerprint density at radius 1 is 1.41 bits per heavy atom. The topological polar surface area (TPSA) is 65.6 Å². The molecule has 1 aliphatic carbocycles. The minimum atomic E-state index is -0.387. The Bertz CT molecular complexity index is 968. The lowest BCUT2D eigenvalue weighted by molar-refractivity contribution is 0.0661. The highest BCUT2D eigenvalue weighted by Crippen LogP contribution is 2.30. The molecule has 27 heavy (non-hydrogen) atoms. The van der Waals surface area contributed by atoms with Crippen LogP contribution < -0.4 is 5.56 Å². The summed E-state index contributed by atoms with van der Waals surface area (Å²) in [5, 5.41) is 9.57. The Kier molecular flexibility index (Phi) is 6.02. The summed E-state index contributed by atoms with van der Waals surface area (Å²) in [7, 11) is 0. The molecule has 0 bridgehead atoms. The zero-order valence-electron chi connectivity index (χ0n) is 15.5. The van der Waals surface area contributed by atoms with Gasteiger partial charge in [-0.1, -0.05) is 31.4 Å². The van der Waals surface area contributed by atoms with Crippen molar-refractivity contribution in [2.24, 2.45) is 0 Å². The van der Waals surface area contributed by atoms with Gasteiger partial charge in [-0.05, 0) is 31.2 Å². The van der Waals surface area contributed by atoms with Crippen molar-refractivity contribution in [1.29, 1.82) is 5.26 Å². The molecule has 0 aliphatic heterocycles. The fraction of sp³-hybridized carbons (Fsp3) is 0.381. The molecule has 2 aromatic heterocycles. The average Bonchev–Trinajstić information content (AvgIpc) is 2.72. The first-order valence-corrected chi connectivity index (χ1v) is 10.4. The van der Waals surface area contributed by atoms with Crippen molar-refractivity contribution >= 4 is 23.2 Å². The van der Waals surface area contributed by atoms with Crippen LogP contribution in [0.25, 0.3) is 5.52 Å². The van der Waals surface area contributed by atoms with Gasteiger partial charge in [-0.2, -0.15) is 5.26 Å². The average molecular weight is 382 g/mol. The smallest absolute Gasteiger partial charge is 0.274 e. The van der Waals surface area contributed by atoms with Crippen LogP contribution in [-0.4, -0.2) is 34.1 Å².